The molecule has 11 aromatic rings. The van der Waals surface area contributed by atoms with Gasteiger partial charge in [0.25, 0.3) is 0 Å². The van der Waals surface area contributed by atoms with Crippen molar-refractivity contribution in [2.24, 2.45) is 0 Å². The van der Waals surface area contributed by atoms with E-state index in [0.29, 0.717) is 23.4 Å². The standard InChI is InChI=1S/C59H38N4O/c1-4-15-42(16-5-1)55-61-56(43-17-6-2-7-18-43)63-57(62-55)46-22-14-21-45(37-46)41-29-27-39(28-30-41)40-31-33-47(34-32-40)59(51-25-12-10-23-49(51)50-24-11-13-26-52(50)59)48-35-36-53-54(38-48)64-58(60-53)44-19-8-3-9-20-44/h1-38H. The highest BCUT2D eigenvalue weighted by molar-refractivity contribution is 5.88. The van der Waals surface area contributed by atoms with Gasteiger partial charge < -0.3 is 4.42 Å². The van der Waals surface area contributed by atoms with Crippen molar-refractivity contribution in [3.8, 4) is 79.0 Å². The Hall–Kier alpha value is -8.54. The molecule has 1 aliphatic carbocycles. The first-order chi connectivity index (χ1) is 31.7. The SMILES string of the molecule is c1ccc(-c2nc(-c3ccccc3)nc(-c3cccc(-c4ccc(-c5ccc(C6(c7ccc8nc(-c9ccccc9)oc8c7)c7ccccc7-c7ccccc76)cc5)cc4)c3)n2)cc1. The Kier molecular flexibility index (Phi) is 8.97. The van der Waals surface area contributed by atoms with Crippen LogP contribution in [0.25, 0.3) is 90.1 Å². The largest absolute Gasteiger partial charge is 0.436 e. The molecule has 0 N–H and O–H groups in total. The number of rotatable bonds is 8. The van der Waals surface area contributed by atoms with Crippen LogP contribution in [0.15, 0.2) is 235 Å². The summed E-state index contributed by atoms with van der Waals surface area (Å²) in [5, 5.41) is 0. The molecule has 2 aromatic heterocycles. The summed E-state index contributed by atoms with van der Waals surface area (Å²) in [6.07, 6.45) is 0. The lowest BCUT2D eigenvalue weighted by Crippen LogP contribution is -2.28. The third-order valence-electron chi connectivity index (χ3n) is 12.5. The fourth-order valence-corrected chi connectivity index (χ4v) is 9.43. The smallest absolute Gasteiger partial charge is 0.227 e. The molecule has 0 amide bonds. The zero-order valence-electron chi connectivity index (χ0n) is 34.6. The Morgan fingerprint density at radius 1 is 0.297 bits per heavy atom. The van der Waals surface area contributed by atoms with Crippen molar-refractivity contribution in [2.45, 2.75) is 5.41 Å². The second kappa shape index (κ2) is 15.4. The monoisotopic (exact) mass is 818 g/mol. The number of oxazole rings is 1. The highest BCUT2D eigenvalue weighted by atomic mass is 16.3. The maximum absolute atomic E-state index is 6.48. The minimum atomic E-state index is -0.573. The second-order valence-corrected chi connectivity index (χ2v) is 16.2. The van der Waals surface area contributed by atoms with Gasteiger partial charge in [0.15, 0.2) is 23.1 Å². The average Bonchev–Trinajstić information content (AvgIpc) is 3.95. The fraction of sp³-hybridized carbons (Fsp3) is 0.0169. The van der Waals surface area contributed by atoms with Gasteiger partial charge in [-0.05, 0) is 86.0 Å². The molecule has 0 unspecified atom stereocenters. The molecule has 12 rings (SSSR count). The van der Waals surface area contributed by atoms with E-state index < -0.39 is 5.41 Å². The number of benzene rings is 9. The molecule has 0 atom stereocenters. The lowest BCUT2D eigenvalue weighted by molar-refractivity contribution is 0.618. The molecule has 5 nitrogen and oxygen atoms in total. The lowest BCUT2D eigenvalue weighted by atomic mass is 9.67. The molecule has 0 saturated heterocycles. The van der Waals surface area contributed by atoms with Crippen LogP contribution in [0.5, 0.6) is 0 Å². The maximum Gasteiger partial charge on any atom is 0.227 e. The third kappa shape index (κ3) is 6.33. The molecule has 0 spiro atoms. The van der Waals surface area contributed by atoms with Crippen LogP contribution in [0.4, 0.5) is 0 Å². The van der Waals surface area contributed by atoms with Crippen molar-refractivity contribution in [3.63, 3.8) is 0 Å². The van der Waals surface area contributed by atoms with E-state index in [9.17, 15) is 0 Å². The van der Waals surface area contributed by atoms with Gasteiger partial charge in [-0.3, -0.25) is 0 Å². The highest BCUT2D eigenvalue weighted by Gasteiger charge is 2.46. The molecule has 0 fully saturated rings. The van der Waals surface area contributed by atoms with E-state index in [1.165, 1.54) is 27.8 Å². The van der Waals surface area contributed by atoms with Gasteiger partial charge in [-0.25, -0.2) is 19.9 Å². The molecule has 0 bridgehead atoms. The molecule has 0 saturated carbocycles. The highest BCUT2D eigenvalue weighted by Crippen LogP contribution is 2.56. The molecule has 1 aliphatic rings. The first-order valence-corrected chi connectivity index (χ1v) is 21.5. The van der Waals surface area contributed by atoms with Crippen molar-refractivity contribution < 1.29 is 4.42 Å². The van der Waals surface area contributed by atoms with Crippen molar-refractivity contribution >= 4 is 11.1 Å². The number of fused-ring (bicyclic) bond motifs is 4. The van der Waals surface area contributed by atoms with Crippen LogP contribution >= 0.6 is 0 Å². The quantitative estimate of drug-likeness (QED) is 0.153. The van der Waals surface area contributed by atoms with Crippen molar-refractivity contribution in [2.75, 3.05) is 0 Å². The third-order valence-corrected chi connectivity index (χ3v) is 12.5. The summed E-state index contributed by atoms with van der Waals surface area (Å²) in [6.45, 7) is 0. The predicted octanol–water partition coefficient (Wildman–Crippen LogP) is 14.4. The van der Waals surface area contributed by atoms with Crippen LogP contribution in [0, 0.1) is 0 Å². The minimum absolute atomic E-state index is 0.573. The van der Waals surface area contributed by atoms with Gasteiger partial charge in [0, 0.05) is 22.3 Å². The topological polar surface area (TPSA) is 64.7 Å². The zero-order valence-corrected chi connectivity index (χ0v) is 34.6. The van der Waals surface area contributed by atoms with Gasteiger partial charge in [0.2, 0.25) is 5.89 Å². The summed E-state index contributed by atoms with van der Waals surface area (Å²) in [5.74, 6) is 2.54. The van der Waals surface area contributed by atoms with Crippen molar-refractivity contribution in [1.82, 2.24) is 19.9 Å². The molecule has 9 aromatic carbocycles. The van der Waals surface area contributed by atoms with Crippen LogP contribution in [0.3, 0.4) is 0 Å². The van der Waals surface area contributed by atoms with Gasteiger partial charge in [-0.2, -0.15) is 0 Å². The van der Waals surface area contributed by atoms with Crippen molar-refractivity contribution in [1.29, 1.82) is 0 Å². The molecule has 64 heavy (non-hydrogen) atoms. The van der Waals surface area contributed by atoms with Gasteiger partial charge in [0.05, 0.1) is 5.41 Å². The normalized spacial score (nSPS) is 12.5. The Labute approximate surface area is 371 Å². The lowest BCUT2D eigenvalue weighted by Gasteiger charge is -2.34. The van der Waals surface area contributed by atoms with Gasteiger partial charge in [0.1, 0.15) is 5.52 Å². The Morgan fingerprint density at radius 2 is 0.734 bits per heavy atom. The van der Waals surface area contributed by atoms with E-state index in [2.05, 4.69) is 140 Å². The summed E-state index contributed by atoms with van der Waals surface area (Å²) in [6, 6.07) is 80.8. The molecular weight excluding hydrogens is 781 g/mol. The van der Waals surface area contributed by atoms with E-state index >= 15 is 0 Å². The van der Waals surface area contributed by atoms with Gasteiger partial charge in [-0.1, -0.05) is 200 Å². The molecule has 2 heterocycles. The van der Waals surface area contributed by atoms with Crippen LogP contribution in [0.1, 0.15) is 22.3 Å². The fourth-order valence-electron chi connectivity index (χ4n) is 9.43. The van der Waals surface area contributed by atoms with Crippen LogP contribution in [-0.2, 0) is 5.41 Å². The Bertz CT molecular complexity index is 3370. The first kappa shape index (κ1) is 37.2. The number of aromatic nitrogens is 4. The summed E-state index contributed by atoms with van der Waals surface area (Å²) in [4.78, 5) is 19.7. The number of hydrogen-bond acceptors (Lipinski definition) is 5. The Balaban J connectivity index is 0.898. The molecule has 0 radical (unpaired) electrons. The molecule has 300 valence electrons. The molecule has 0 aliphatic heterocycles. The number of nitrogens with zero attached hydrogens (tertiary/aromatic N) is 4. The first-order valence-electron chi connectivity index (χ1n) is 21.5. The molecule has 5 heteroatoms. The summed E-state index contributed by atoms with van der Waals surface area (Å²) in [5.41, 5.74) is 16.6. The summed E-state index contributed by atoms with van der Waals surface area (Å²) >= 11 is 0. The van der Waals surface area contributed by atoms with E-state index in [0.717, 1.165) is 61.2 Å². The Morgan fingerprint density at radius 3 is 1.31 bits per heavy atom. The van der Waals surface area contributed by atoms with Crippen LogP contribution < -0.4 is 0 Å². The maximum atomic E-state index is 6.48. The van der Waals surface area contributed by atoms with Crippen molar-refractivity contribution in [3.05, 3.63) is 253 Å². The molecular formula is C59H38N4O. The van der Waals surface area contributed by atoms with Gasteiger partial charge >= 0.3 is 0 Å². The average molecular weight is 819 g/mol. The van der Waals surface area contributed by atoms with E-state index in [-0.39, 0.29) is 0 Å². The zero-order chi connectivity index (χ0) is 42.5. The van der Waals surface area contributed by atoms with Crippen LogP contribution in [-0.4, -0.2) is 19.9 Å². The summed E-state index contributed by atoms with van der Waals surface area (Å²) < 4.78 is 6.48. The van der Waals surface area contributed by atoms with E-state index in [1.54, 1.807) is 0 Å². The number of hydrogen-bond donors (Lipinski definition) is 0. The van der Waals surface area contributed by atoms with Crippen LogP contribution in [0.2, 0.25) is 0 Å². The van der Waals surface area contributed by atoms with E-state index in [4.69, 9.17) is 24.4 Å². The second-order valence-electron chi connectivity index (χ2n) is 16.2. The minimum Gasteiger partial charge on any atom is -0.436 e. The summed E-state index contributed by atoms with van der Waals surface area (Å²) in [7, 11) is 0. The van der Waals surface area contributed by atoms with E-state index in [1.807, 2.05) is 91.0 Å². The predicted molar refractivity (Wildman–Crippen MR) is 257 cm³/mol. The van der Waals surface area contributed by atoms with Gasteiger partial charge in [-0.15, -0.1) is 0 Å².